The smallest absolute Gasteiger partial charge is 0.292 e. The summed E-state index contributed by atoms with van der Waals surface area (Å²) in [5, 5.41) is 0. The van der Waals surface area contributed by atoms with Crippen molar-refractivity contribution in [2.24, 2.45) is 0 Å². The minimum atomic E-state index is -4.27. The molecule has 1 aliphatic rings. The van der Waals surface area contributed by atoms with Crippen molar-refractivity contribution in [2.45, 2.75) is 10.4 Å². The number of nitrogens with zero attached hydrogens (tertiary/aromatic N) is 3. The predicted molar refractivity (Wildman–Crippen MR) is 68.4 cm³/mol. The van der Waals surface area contributed by atoms with E-state index in [4.69, 9.17) is 11.6 Å². The Hall–Kier alpha value is -0.420. The zero-order valence-corrected chi connectivity index (χ0v) is 12.5. The van der Waals surface area contributed by atoms with Crippen molar-refractivity contribution in [1.82, 2.24) is 14.2 Å². The second kappa shape index (κ2) is 5.76. The van der Waals surface area contributed by atoms with Gasteiger partial charge in [0, 0.05) is 26.2 Å². The second-order valence-electron chi connectivity index (χ2n) is 4.23. The first-order valence-corrected chi connectivity index (χ1v) is 8.22. The molecular weight excluding hydrogens is 339 g/mol. The third-order valence-corrected chi connectivity index (χ3v) is 6.23. The van der Waals surface area contributed by atoms with Crippen LogP contribution in [0.4, 0.5) is 13.2 Å². The van der Waals surface area contributed by atoms with Crippen molar-refractivity contribution in [3.8, 4) is 0 Å². The zero-order chi connectivity index (χ0) is 15.0. The Morgan fingerprint density at radius 2 is 1.90 bits per heavy atom. The lowest BCUT2D eigenvalue weighted by atomic mass is 10.3. The van der Waals surface area contributed by atoms with Crippen LogP contribution in [0.25, 0.3) is 0 Å². The van der Waals surface area contributed by atoms with Crippen molar-refractivity contribution >= 4 is 33.0 Å². The molecule has 0 amide bonds. The van der Waals surface area contributed by atoms with Crippen molar-refractivity contribution in [3.63, 3.8) is 0 Å². The lowest BCUT2D eigenvalue weighted by Crippen LogP contribution is -2.50. The number of aromatic nitrogens is 1. The van der Waals surface area contributed by atoms with Gasteiger partial charge in [0.15, 0.2) is 8.68 Å². The summed E-state index contributed by atoms with van der Waals surface area (Å²) >= 11 is 6.42. The molecule has 20 heavy (non-hydrogen) atoms. The average molecular weight is 350 g/mol. The van der Waals surface area contributed by atoms with Gasteiger partial charge in [0.1, 0.15) is 0 Å². The number of halogens is 4. The first kappa shape index (κ1) is 16.0. The van der Waals surface area contributed by atoms with Crippen LogP contribution >= 0.6 is 22.9 Å². The molecule has 0 unspecified atom stereocenters. The molecule has 0 N–H and O–H groups in total. The van der Waals surface area contributed by atoms with Crippen LogP contribution in [-0.4, -0.2) is 61.5 Å². The highest BCUT2D eigenvalue weighted by atomic mass is 35.5. The third-order valence-electron chi connectivity index (χ3n) is 2.78. The molecular formula is C9H11ClF3N3O2S2. The van der Waals surface area contributed by atoms with Crippen LogP contribution in [0.15, 0.2) is 10.4 Å². The Morgan fingerprint density at radius 1 is 1.30 bits per heavy atom. The normalized spacial score (nSPS) is 19.4. The van der Waals surface area contributed by atoms with Gasteiger partial charge in [0.2, 0.25) is 0 Å². The van der Waals surface area contributed by atoms with E-state index in [0.29, 0.717) is 0 Å². The van der Waals surface area contributed by atoms with Crippen LogP contribution in [-0.2, 0) is 10.0 Å². The molecule has 1 aromatic heterocycles. The molecule has 0 bridgehead atoms. The van der Waals surface area contributed by atoms with Gasteiger partial charge in [-0.05, 0) is 0 Å². The number of alkyl halides is 3. The summed E-state index contributed by atoms with van der Waals surface area (Å²) in [6, 6.07) is 0. The molecule has 1 aromatic rings. The lowest BCUT2D eigenvalue weighted by Gasteiger charge is -2.33. The number of rotatable bonds is 3. The largest absolute Gasteiger partial charge is 0.401 e. The maximum Gasteiger partial charge on any atom is 0.401 e. The van der Waals surface area contributed by atoms with E-state index in [0.717, 1.165) is 21.8 Å². The molecule has 1 aliphatic heterocycles. The highest BCUT2D eigenvalue weighted by molar-refractivity contribution is 7.91. The fourth-order valence-electron chi connectivity index (χ4n) is 1.87. The number of piperazine rings is 1. The molecule has 2 heterocycles. The van der Waals surface area contributed by atoms with Crippen molar-refractivity contribution in [2.75, 3.05) is 32.7 Å². The van der Waals surface area contributed by atoms with E-state index >= 15 is 0 Å². The van der Waals surface area contributed by atoms with Crippen molar-refractivity contribution in [3.05, 3.63) is 10.7 Å². The standard InChI is InChI=1S/C9H11ClF3N3O2S2/c10-8-14-5-7(19-8)20(17,18)16-3-1-15(2-4-16)6-9(11,12)13/h5H,1-4,6H2. The Labute approximate surface area is 123 Å². The summed E-state index contributed by atoms with van der Waals surface area (Å²) in [7, 11) is -3.71. The average Bonchev–Trinajstić information content (AvgIpc) is 2.75. The molecule has 0 aliphatic carbocycles. The molecule has 0 radical (unpaired) electrons. The van der Waals surface area contributed by atoms with Crippen LogP contribution in [0.2, 0.25) is 4.47 Å². The second-order valence-corrected chi connectivity index (χ2v) is 8.01. The number of sulfonamides is 1. The van der Waals surface area contributed by atoms with Gasteiger partial charge in [-0.1, -0.05) is 22.9 Å². The summed E-state index contributed by atoms with van der Waals surface area (Å²) in [6.07, 6.45) is -3.11. The lowest BCUT2D eigenvalue weighted by molar-refractivity contribution is -0.148. The highest BCUT2D eigenvalue weighted by Crippen LogP contribution is 2.26. The van der Waals surface area contributed by atoms with Gasteiger partial charge < -0.3 is 0 Å². The van der Waals surface area contributed by atoms with Gasteiger partial charge >= 0.3 is 6.18 Å². The summed E-state index contributed by atoms with van der Waals surface area (Å²) in [5.41, 5.74) is 0. The molecule has 1 saturated heterocycles. The maximum absolute atomic E-state index is 12.2. The first-order valence-electron chi connectivity index (χ1n) is 5.59. The number of hydrogen-bond donors (Lipinski definition) is 0. The van der Waals surface area contributed by atoms with Crippen LogP contribution in [0, 0.1) is 0 Å². The van der Waals surface area contributed by atoms with E-state index in [1.165, 1.54) is 4.90 Å². The fourth-order valence-corrected chi connectivity index (χ4v) is 4.74. The van der Waals surface area contributed by atoms with Crippen molar-refractivity contribution in [1.29, 1.82) is 0 Å². The van der Waals surface area contributed by atoms with Crippen LogP contribution in [0.3, 0.4) is 0 Å². The first-order chi connectivity index (χ1) is 9.18. The van der Waals surface area contributed by atoms with Crippen molar-refractivity contribution < 1.29 is 21.6 Å². The SMILES string of the molecule is O=S(=O)(c1cnc(Cl)s1)N1CCN(CC(F)(F)F)CC1. The Kier molecular flexibility index (Phi) is 4.59. The summed E-state index contributed by atoms with van der Waals surface area (Å²) < 4.78 is 62.4. The minimum absolute atomic E-state index is 0.00627. The van der Waals surface area contributed by atoms with Crippen LogP contribution in [0.5, 0.6) is 0 Å². The third kappa shape index (κ3) is 3.82. The quantitative estimate of drug-likeness (QED) is 0.833. The van der Waals surface area contributed by atoms with E-state index in [1.807, 2.05) is 0 Å². The van der Waals surface area contributed by atoms with E-state index < -0.39 is 22.7 Å². The van der Waals surface area contributed by atoms with Gasteiger partial charge in [-0.15, -0.1) is 0 Å². The molecule has 5 nitrogen and oxygen atoms in total. The molecule has 0 saturated carbocycles. The summed E-state index contributed by atoms with van der Waals surface area (Å²) in [5.74, 6) is 0. The van der Waals surface area contributed by atoms with E-state index in [-0.39, 0.29) is 34.9 Å². The Bertz CT molecular complexity index is 567. The van der Waals surface area contributed by atoms with Gasteiger partial charge in [-0.2, -0.15) is 17.5 Å². The van der Waals surface area contributed by atoms with Crippen LogP contribution in [0.1, 0.15) is 0 Å². The van der Waals surface area contributed by atoms with Gasteiger partial charge in [-0.3, -0.25) is 4.90 Å². The topological polar surface area (TPSA) is 53.5 Å². The summed E-state index contributed by atoms with van der Waals surface area (Å²) in [6.45, 7) is -0.883. The highest BCUT2D eigenvalue weighted by Gasteiger charge is 2.35. The van der Waals surface area contributed by atoms with Gasteiger partial charge in [-0.25, -0.2) is 13.4 Å². The number of hydrogen-bond acceptors (Lipinski definition) is 5. The number of thiazole rings is 1. The molecule has 0 atom stereocenters. The van der Waals surface area contributed by atoms with E-state index in [9.17, 15) is 21.6 Å². The van der Waals surface area contributed by atoms with E-state index in [2.05, 4.69) is 4.98 Å². The molecule has 2 rings (SSSR count). The Morgan fingerprint density at radius 3 is 2.35 bits per heavy atom. The van der Waals surface area contributed by atoms with E-state index in [1.54, 1.807) is 0 Å². The molecule has 0 aromatic carbocycles. The molecule has 11 heteroatoms. The fraction of sp³-hybridized carbons (Fsp3) is 0.667. The van der Waals surface area contributed by atoms with Gasteiger partial charge in [0.25, 0.3) is 10.0 Å². The Balaban J connectivity index is 2.00. The maximum atomic E-state index is 12.2. The van der Waals surface area contributed by atoms with Crippen LogP contribution < -0.4 is 0 Å². The predicted octanol–water partition coefficient (Wildman–Crippen LogP) is 1.67. The molecule has 1 fully saturated rings. The molecule has 0 spiro atoms. The minimum Gasteiger partial charge on any atom is -0.292 e. The monoisotopic (exact) mass is 349 g/mol. The van der Waals surface area contributed by atoms with Gasteiger partial charge in [0.05, 0.1) is 12.7 Å². The zero-order valence-electron chi connectivity index (χ0n) is 10.1. The summed E-state index contributed by atoms with van der Waals surface area (Å²) in [4.78, 5) is 4.85. The molecule has 114 valence electrons.